The van der Waals surface area contributed by atoms with E-state index in [2.05, 4.69) is 125 Å². The summed E-state index contributed by atoms with van der Waals surface area (Å²) in [5, 5.41) is 4.17. The van der Waals surface area contributed by atoms with Crippen molar-refractivity contribution in [2.24, 2.45) is 9.98 Å². The zero-order chi connectivity index (χ0) is 34.0. The van der Waals surface area contributed by atoms with Crippen LogP contribution in [0.5, 0.6) is 11.5 Å². The molecule has 0 fully saturated rings. The summed E-state index contributed by atoms with van der Waals surface area (Å²) in [4.78, 5) is 13.6. The van der Waals surface area contributed by atoms with Crippen molar-refractivity contribution in [3.8, 4) is 11.5 Å². The van der Waals surface area contributed by atoms with Crippen molar-refractivity contribution >= 4 is 29.0 Å². The molecule has 0 aromatic heterocycles. The molecule has 6 aromatic carbocycles. The Morgan fingerprint density at radius 2 is 1.00 bits per heavy atom. The van der Waals surface area contributed by atoms with Crippen molar-refractivity contribution < 1.29 is 9.47 Å². The lowest BCUT2D eigenvalue weighted by atomic mass is 9.79. The molecule has 8 rings (SSSR count). The maximum Gasteiger partial charge on any atom is 0.222 e. The molecule has 0 amide bonds. The minimum Gasteiger partial charge on any atom is -0.497 e. The maximum absolute atomic E-state index is 5.71. The first-order chi connectivity index (χ1) is 24.7. The Hall–Kier alpha value is -6.40. The number of benzene rings is 6. The van der Waals surface area contributed by atoms with Crippen molar-refractivity contribution in [3.63, 3.8) is 0 Å². The van der Waals surface area contributed by atoms with Gasteiger partial charge in [-0.25, -0.2) is 4.99 Å². The lowest BCUT2D eigenvalue weighted by Gasteiger charge is -2.50. The summed E-state index contributed by atoms with van der Waals surface area (Å²) < 4.78 is 11.3. The Labute approximate surface area is 292 Å². The second-order valence-electron chi connectivity index (χ2n) is 12.2. The molecular weight excluding hydrogens is 617 g/mol. The Kier molecular flexibility index (Phi) is 7.97. The largest absolute Gasteiger partial charge is 0.497 e. The lowest BCUT2D eigenvalue weighted by molar-refractivity contribution is 0.220. The Morgan fingerprint density at radius 1 is 0.520 bits per heavy atom. The van der Waals surface area contributed by atoms with E-state index < -0.39 is 11.3 Å². The predicted molar refractivity (Wildman–Crippen MR) is 203 cm³/mol. The van der Waals surface area contributed by atoms with Gasteiger partial charge in [0.25, 0.3) is 0 Å². The molecule has 2 unspecified atom stereocenters. The Morgan fingerprint density at radius 3 is 1.54 bits per heavy atom. The number of nitrogens with one attached hydrogen (secondary N) is 1. The van der Waals surface area contributed by atoms with Gasteiger partial charge in [0, 0.05) is 27.9 Å². The summed E-state index contributed by atoms with van der Waals surface area (Å²) in [7, 11) is 3.37. The number of para-hydroxylation sites is 1. The molecule has 0 spiro atoms. The normalized spacial score (nSPS) is 19.6. The third-order valence-corrected chi connectivity index (χ3v) is 9.46. The van der Waals surface area contributed by atoms with Gasteiger partial charge in [0.1, 0.15) is 11.5 Å². The van der Waals surface area contributed by atoms with Gasteiger partial charge < -0.3 is 19.7 Å². The summed E-state index contributed by atoms with van der Waals surface area (Å²) in [6.07, 6.45) is 1.92. The first kappa shape index (κ1) is 30.9. The lowest BCUT2D eigenvalue weighted by Crippen LogP contribution is -2.62. The summed E-state index contributed by atoms with van der Waals surface area (Å²) in [5.74, 6) is 1.51. The molecule has 50 heavy (non-hydrogen) atoms. The van der Waals surface area contributed by atoms with E-state index in [4.69, 9.17) is 19.5 Å². The number of rotatable bonds is 9. The van der Waals surface area contributed by atoms with Crippen LogP contribution in [0.3, 0.4) is 0 Å². The minimum absolute atomic E-state index is 0.754. The molecule has 0 saturated heterocycles. The van der Waals surface area contributed by atoms with E-state index >= 15 is 0 Å². The SMILES string of the molecule is COc1ccc(C2(C3(c4ccc(OC)cc4)NC(c4ccccc4)=C(c4ccccc4)N3c3ccccc3)N=CC(c3ccccc3)=N2)cc1. The van der Waals surface area contributed by atoms with Crippen molar-refractivity contribution in [2.75, 3.05) is 19.1 Å². The second-order valence-corrected chi connectivity index (χ2v) is 12.2. The molecule has 2 heterocycles. The van der Waals surface area contributed by atoms with Crippen LogP contribution in [0.25, 0.3) is 11.4 Å². The highest BCUT2D eigenvalue weighted by atomic mass is 16.5. The average Bonchev–Trinajstić information content (AvgIpc) is 3.82. The van der Waals surface area contributed by atoms with Crippen LogP contribution in [0.4, 0.5) is 5.69 Å². The Balaban J connectivity index is 1.52. The fraction of sp³-hybridized carbons (Fsp3) is 0.0909. The molecule has 0 bridgehead atoms. The van der Waals surface area contributed by atoms with Crippen molar-refractivity contribution in [1.29, 1.82) is 0 Å². The highest BCUT2D eigenvalue weighted by Gasteiger charge is 2.64. The molecule has 0 radical (unpaired) electrons. The predicted octanol–water partition coefficient (Wildman–Crippen LogP) is 8.92. The van der Waals surface area contributed by atoms with Crippen LogP contribution in [0.2, 0.25) is 0 Å². The molecule has 6 aromatic rings. The van der Waals surface area contributed by atoms with Crippen molar-refractivity contribution in [2.45, 2.75) is 11.3 Å². The third kappa shape index (κ3) is 5.04. The summed E-state index contributed by atoms with van der Waals surface area (Å²) >= 11 is 0. The molecule has 0 saturated carbocycles. The first-order valence-electron chi connectivity index (χ1n) is 16.6. The molecule has 0 aliphatic carbocycles. The first-order valence-corrected chi connectivity index (χ1v) is 16.6. The fourth-order valence-corrected chi connectivity index (χ4v) is 7.12. The molecule has 1 N–H and O–H groups in total. The quantitative estimate of drug-likeness (QED) is 0.170. The van der Waals surface area contributed by atoms with Crippen LogP contribution in [-0.4, -0.2) is 26.1 Å². The number of hydrogen-bond acceptors (Lipinski definition) is 6. The van der Waals surface area contributed by atoms with Crippen molar-refractivity contribution in [1.82, 2.24) is 5.32 Å². The van der Waals surface area contributed by atoms with E-state index in [1.54, 1.807) is 14.2 Å². The third-order valence-electron chi connectivity index (χ3n) is 9.46. The fourth-order valence-electron chi connectivity index (χ4n) is 7.12. The standard InChI is InChI=1S/C44H36N4O2/c1-49-38-27-23-35(24-28-38)43(45-31-40(46-43)32-15-7-3-8-16-32)44(36-25-29-39(50-2)30-26-36)47-41(33-17-9-4-10-18-33)42(34-19-11-5-12-20-34)48(44)37-21-13-6-14-22-37/h3-31,47H,1-2H3. The number of aliphatic imine (C=N–C) groups is 2. The molecule has 2 aliphatic heterocycles. The highest BCUT2D eigenvalue weighted by molar-refractivity contribution is 6.39. The van der Waals surface area contributed by atoms with Crippen LogP contribution < -0.4 is 19.7 Å². The van der Waals surface area contributed by atoms with E-state index in [-0.39, 0.29) is 0 Å². The van der Waals surface area contributed by atoms with Crippen LogP contribution >= 0.6 is 0 Å². The van der Waals surface area contributed by atoms with E-state index in [1.165, 1.54) is 0 Å². The number of ether oxygens (including phenoxy) is 2. The molecule has 6 heteroatoms. The van der Waals surface area contributed by atoms with E-state index in [0.29, 0.717) is 0 Å². The number of hydrogen-bond donors (Lipinski definition) is 1. The molecule has 244 valence electrons. The van der Waals surface area contributed by atoms with E-state index in [0.717, 1.165) is 62.1 Å². The summed E-state index contributed by atoms with van der Waals surface area (Å²) in [5.41, 5.74) is 6.28. The molecule has 6 nitrogen and oxygen atoms in total. The van der Waals surface area contributed by atoms with Crippen LogP contribution in [0.1, 0.15) is 27.8 Å². The molecular formula is C44H36N4O2. The van der Waals surface area contributed by atoms with Gasteiger partial charge in [0.15, 0.2) is 5.66 Å². The monoisotopic (exact) mass is 652 g/mol. The van der Waals surface area contributed by atoms with Gasteiger partial charge in [-0.2, -0.15) is 0 Å². The zero-order valence-corrected chi connectivity index (χ0v) is 27.9. The number of anilines is 1. The van der Waals surface area contributed by atoms with Gasteiger partial charge in [-0.05, 0) is 42.0 Å². The highest BCUT2D eigenvalue weighted by Crippen LogP contribution is 2.58. The van der Waals surface area contributed by atoms with Gasteiger partial charge in [-0.15, -0.1) is 0 Å². The molecule has 2 aliphatic rings. The van der Waals surface area contributed by atoms with Crippen LogP contribution in [0, 0.1) is 0 Å². The van der Waals surface area contributed by atoms with Gasteiger partial charge in [0.2, 0.25) is 5.66 Å². The van der Waals surface area contributed by atoms with Gasteiger partial charge in [-0.1, -0.05) is 133 Å². The topological polar surface area (TPSA) is 58.5 Å². The second kappa shape index (κ2) is 12.9. The number of methoxy groups -OCH3 is 2. The van der Waals surface area contributed by atoms with Crippen LogP contribution in [0.15, 0.2) is 180 Å². The molecule has 2 atom stereocenters. The maximum atomic E-state index is 5.71. The average molecular weight is 653 g/mol. The minimum atomic E-state index is -1.24. The van der Waals surface area contributed by atoms with Gasteiger partial charge in [-0.3, -0.25) is 4.99 Å². The summed E-state index contributed by atoms with van der Waals surface area (Å²) in [6, 6.07) is 58.1. The van der Waals surface area contributed by atoms with Crippen LogP contribution in [-0.2, 0) is 11.3 Å². The van der Waals surface area contributed by atoms with Crippen molar-refractivity contribution in [3.05, 3.63) is 198 Å². The number of nitrogens with zero attached hydrogens (tertiary/aromatic N) is 3. The van der Waals surface area contributed by atoms with E-state index in [9.17, 15) is 0 Å². The van der Waals surface area contributed by atoms with E-state index in [1.807, 2.05) is 60.8 Å². The Bertz CT molecular complexity index is 2180. The van der Waals surface area contributed by atoms with Gasteiger partial charge in [0.05, 0.1) is 37.5 Å². The smallest absolute Gasteiger partial charge is 0.222 e. The van der Waals surface area contributed by atoms with Gasteiger partial charge >= 0.3 is 0 Å². The zero-order valence-electron chi connectivity index (χ0n) is 27.9. The summed E-state index contributed by atoms with van der Waals surface area (Å²) in [6.45, 7) is 0.